The normalized spacial score (nSPS) is 11.3. The summed E-state index contributed by atoms with van der Waals surface area (Å²) in [6.45, 7) is 0. The van der Waals surface area contributed by atoms with E-state index < -0.39 is 0 Å². The van der Waals surface area contributed by atoms with Crippen molar-refractivity contribution in [3.63, 3.8) is 0 Å². The van der Waals surface area contributed by atoms with Crippen LogP contribution in [0.25, 0.3) is 76.8 Å². The van der Waals surface area contributed by atoms with Gasteiger partial charge in [0.15, 0.2) is 0 Å². The molecule has 0 bridgehead atoms. The number of benzene rings is 10. The molecule has 0 amide bonds. The van der Waals surface area contributed by atoms with E-state index in [4.69, 9.17) is 0 Å². The molecule has 0 atom stereocenters. The van der Waals surface area contributed by atoms with Crippen molar-refractivity contribution in [3.8, 4) is 44.5 Å². The van der Waals surface area contributed by atoms with Gasteiger partial charge in [-0.2, -0.15) is 0 Å². The maximum Gasteiger partial charge on any atom is 0.0468 e. The predicted molar refractivity (Wildman–Crippen MR) is 235 cm³/mol. The molecule has 0 aliphatic heterocycles. The smallest absolute Gasteiger partial charge is 0.0468 e. The molecule has 0 aliphatic carbocycles. The summed E-state index contributed by atoms with van der Waals surface area (Å²) in [4.78, 5) is 2.42. The standard InChI is InChI=1S/C54H37N/c1-3-16-39(17-4-1)50-32-31-48(37-54(50)40-18-5-2-6-19-40)55(46-24-13-22-42(34-46)43-30-29-38-15-7-8-20-41(38)33-43)47-25-14-23-44(35-47)53-36-45-21-9-10-26-49(45)51-27-11-12-28-52(51)53/h1-37H. The second-order valence-electron chi connectivity index (χ2n) is 14.2. The van der Waals surface area contributed by atoms with Crippen LogP contribution in [-0.4, -0.2) is 0 Å². The Morgan fingerprint density at radius 2 is 0.745 bits per heavy atom. The summed E-state index contributed by atoms with van der Waals surface area (Å²) >= 11 is 0. The van der Waals surface area contributed by atoms with E-state index in [2.05, 4.69) is 229 Å². The first-order valence-corrected chi connectivity index (χ1v) is 18.9. The zero-order valence-electron chi connectivity index (χ0n) is 30.3. The van der Waals surface area contributed by atoms with Crippen LogP contribution in [0.15, 0.2) is 224 Å². The van der Waals surface area contributed by atoms with Gasteiger partial charge < -0.3 is 4.90 Å². The average Bonchev–Trinajstić information content (AvgIpc) is 3.27. The Labute approximate surface area is 322 Å². The first kappa shape index (κ1) is 32.4. The Hall–Kier alpha value is -7.22. The summed E-state index contributed by atoms with van der Waals surface area (Å²) < 4.78 is 0. The van der Waals surface area contributed by atoms with Crippen LogP contribution < -0.4 is 4.90 Å². The van der Waals surface area contributed by atoms with Gasteiger partial charge >= 0.3 is 0 Å². The minimum atomic E-state index is 1.09. The molecule has 0 unspecified atom stereocenters. The fraction of sp³-hybridized carbons (Fsp3) is 0. The maximum absolute atomic E-state index is 2.42. The Kier molecular flexibility index (Phi) is 8.24. The third-order valence-corrected chi connectivity index (χ3v) is 10.8. The van der Waals surface area contributed by atoms with E-state index in [1.165, 1.54) is 76.8 Å². The van der Waals surface area contributed by atoms with Gasteiger partial charge in [0.2, 0.25) is 0 Å². The SMILES string of the molecule is c1ccc(-c2ccc(N(c3cccc(-c4ccc5ccccc5c4)c3)c3cccc(-c4cc5ccccc5c5ccccc45)c3)cc2-c2ccccc2)cc1. The lowest BCUT2D eigenvalue weighted by Crippen LogP contribution is -2.10. The minimum Gasteiger partial charge on any atom is -0.310 e. The first-order chi connectivity index (χ1) is 27.3. The highest BCUT2D eigenvalue weighted by Crippen LogP contribution is 2.43. The fourth-order valence-electron chi connectivity index (χ4n) is 8.14. The number of nitrogens with zero attached hydrogens (tertiary/aromatic N) is 1. The summed E-state index contributed by atoms with van der Waals surface area (Å²) in [5, 5.41) is 7.52. The van der Waals surface area contributed by atoms with Gasteiger partial charge in [0.25, 0.3) is 0 Å². The lowest BCUT2D eigenvalue weighted by Gasteiger charge is -2.28. The second kappa shape index (κ2) is 14.0. The molecule has 0 aliphatic rings. The molecule has 0 aromatic heterocycles. The van der Waals surface area contributed by atoms with E-state index in [0.717, 1.165) is 17.1 Å². The van der Waals surface area contributed by atoms with Crippen molar-refractivity contribution in [2.75, 3.05) is 4.90 Å². The molecular weight excluding hydrogens is 663 g/mol. The lowest BCUT2D eigenvalue weighted by atomic mass is 9.92. The molecule has 0 spiro atoms. The van der Waals surface area contributed by atoms with E-state index in [9.17, 15) is 0 Å². The van der Waals surface area contributed by atoms with Gasteiger partial charge in [-0.05, 0) is 125 Å². The molecule has 1 nitrogen and oxygen atoms in total. The topological polar surface area (TPSA) is 3.24 Å². The maximum atomic E-state index is 2.42. The fourth-order valence-corrected chi connectivity index (χ4v) is 8.14. The van der Waals surface area contributed by atoms with Crippen molar-refractivity contribution in [1.82, 2.24) is 0 Å². The Balaban J connectivity index is 1.18. The van der Waals surface area contributed by atoms with Crippen LogP contribution >= 0.6 is 0 Å². The van der Waals surface area contributed by atoms with Crippen LogP contribution in [-0.2, 0) is 0 Å². The van der Waals surface area contributed by atoms with E-state index in [-0.39, 0.29) is 0 Å². The summed E-state index contributed by atoms with van der Waals surface area (Å²) in [7, 11) is 0. The molecule has 1 heteroatoms. The van der Waals surface area contributed by atoms with Crippen molar-refractivity contribution in [2.45, 2.75) is 0 Å². The molecule has 10 aromatic carbocycles. The molecule has 0 saturated carbocycles. The monoisotopic (exact) mass is 699 g/mol. The Bertz CT molecular complexity index is 2980. The number of fused-ring (bicyclic) bond motifs is 4. The molecule has 0 radical (unpaired) electrons. The summed E-state index contributed by atoms with van der Waals surface area (Å²) in [6, 6.07) is 81.6. The molecule has 0 N–H and O–H groups in total. The summed E-state index contributed by atoms with van der Waals surface area (Å²) in [5.74, 6) is 0. The highest BCUT2D eigenvalue weighted by molar-refractivity contribution is 6.14. The van der Waals surface area contributed by atoms with Crippen LogP contribution in [0.1, 0.15) is 0 Å². The molecule has 55 heavy (non-hydrogen) atoms. The molecular formula is C54H37N. The van der Waals surface area contributed by atoms with E-state index in [0.29, 0.717) is 0 Å². The van der Waals surface area contributed by atoms with Gasteiger partial charge in [0.1, 0.15) is 0 Å². The van der Waals surface area contributed by atoms with Gasteiger partial charge in [-0.25, -0.2) is 0 Å². The molecule has 0 saturated heterocycles. The van der Waals surface area contributed by atoms with E-state index in [1.54, 1.807) is 0 Å². The van der Waals surface area contributed by atoms with Crippen LogP contribution in [0, 0.1) is 0 Å². The van der Waals surface area contributed by atoms with Crippen molar-refractivity contribution in [1.29, 1.82) is 0 Å². The third kappa shape index (κ3) is 6.12. The largest absolute Gasteiger partial charge is 0.310 e. The van der Waals surface area contributed by atoms with Crippen molar-refractivity contribution in [3.05, 3.63) is 224 Å². The number of hydrogen-bond donors (Lipinski definition) is 0. The molecule has 10 aromatic rings. The van der Waals surface area contributed by atoms with Crippen molar-refractivity contribution < 1.29 is 0 Å². The lowest BCUT2D eigenvalue weighted by molar-refractivity contribution is 1.28. The highest BCUT2D eigenvalue weighted by Gasteiger charge is 2.18. The molecule has 0 heterocycles. The van der Waals surface area contributed by atoms with Crippen LogP contribution in [0.5, 0.6) is 0 Å². The zero-order chi connectivity index (χ0) is 36.6. The number of anilines is 3. The van der Waals surface area contributed by atoms with Gasteiger partial charge in [-0.1, -0.05) is 176 Å². The number of rotatable bonds is 7. The molecule has 10 rings (SSSR count). The molecule has 258 valence electrons. The second-order valence-corrected chi connectivity index (χ2v) is 14.2. The first-order valence-electron chi connectivity index (χ1n) is 18.9. The van der Waals surface area contributed by atoms with Crippen molar-refractivity contribution in [2.24, 2.45) is 0 Å². The summed E-state index contributed by atoms with van der Waals surface area (Å²) in [6.07, 6.45) is 0. The van der Waals surface area contributed by atoms with Gasteiger partial charge in [-0.15, -0.1) is 0 Å². The predicted octanol–water partition coefficient (Wildman–Crippen LogP) is 15.3. The van der Waals surface area contributed by atoms with E-state index >= 15 is 0 Å². The average molecular weight is 700 g/mol. The quantitative estimate of drug-likeness (QED) is 0.150. The van der Waals surface area contributed by atoms with Crippen LogP contribution in [0.2, 0.25) is 0 Å². The van der Waals surface area contributed by atoms with Crippen molar-refractivity contribution >= 4 is 49.4 Å². The summed E-state index contributed by atoms with van der Waals surface area (Å²) in [5.41, 5.74) is 12.8. The van der Waals surface area contributed by atoms with Crippen LogP contribution in [0.3, 0.4) is 0 Å². The Morgan fingerprint density at radius 1 is 0.218 bits per heavy atom. The zero-order valence-corrected chi connectivity index (χ0v) is 30.3. The van der Waals surface area contributed by atoms with Crippen LogP contribution in [0.4, 0.5) is 17.1 Å². The van der Waals surface area contributed by atoms with E-state index in [1.807, 2.05) is 0 Å². The minimum absolute atomic E-state index is 1.09. The van der Waals surface area contributed by atoms with Gasteiger partial charge in [0, 0.05) is 17.1 Å². The van der Waals surface area contributed by atoms with Gasteiger partial charge in [0.05, 0.1) is 0 Å². The molecule has 0 fully saturated rings. The Morgan fingerprint density at radius 3 is 1.49 bits per heavy atom. The third-order valence-electron chi connectivity index (χ3n) is 10.8. The number of hydrogen-bond acceptors (Lipinski definition) is 1. The van der Waals surface area contributed by atoms with Gasteiger partial charge in [-0.3, -0.25) is 0 Å². The highest BCUT2D eigenvalue weighted by atomic mass is 15.1.